The Morgan fingerprint density at radius 2 is 1.90 bits per heavy atom. The molecule has 0 aliphatic carbocycles. The number of hydrogen-bond acceptors (Lipinski definition) is 3. The maximum Gasteiger partial charge on any atom is 0.242 e. The fraction of sp³-hybridized carbons (Fsp3) is 0.467. The van der Waals surface area contributed by atoms with Gasteiger partial charge in [-0.15, -0.1) is 12.4 Å². The number of benzene rings is 1. The fourth-order valence-corrected chi connectivity index (χ4v) is 2.50. The molecule has 1 fully saturated rings. The molecule has 0 radical (unpaired) electrons. The molecule has 1 aromatic carbocycles. The van der Waals surface area contributed by atoms with Crippen molar-refractivity contribution < 1.29 is 9.59 Å². The molecule has 6 heteroatoms. The number of hydrogen-bond donors (Lipinski definition) is 1. The SMILES string of the molecule is CC(=O)N(C)CC(=O)N1C[C@@H](N)[C@H](c2ccccc2)C1.Cl. The summed E-state index contributed by atoms with van der Waals surface area (Å²) in [6.45, 7) is 2.74. The van der Waals surface area contributed by atoms with Gasteiger partial charge in [0.25, 0.3) is 0 Å². The van der Waals surface area contributed by atoms with Crippen LogP contribution in [0.3, 0.4) is 0 Å². The van der Waals surface area contributed by atoms with E-state index in [2.05, 4.69) is 0 Å². The summed E-state index contributed by atoms with van der Waals surface area (Å²) in [7, 11) is 1.63. The molecule has 116 valence electrons. The minimum atomic E-state index is -0.110. The Bertz CT molecular complexity index is 495. The lowest BCUT2D eigenvalue weighted by Crippen LogP contribution is -2.40. The average Bonchev–Trinajstić information content (AvgIpc) is 2.81. The maximum absolute atomic E-state index is 12.2. The van der Waals surface area contributed by atoms with Gasteiger partial charge in [-0.3, -0.25) is 9.59 Å². The van der Waals surface area contributed by atoms with Crippen LogP contribution in [0, 0.1) is 0 Å². The molecular weight excluding hydrogens is 290 g/mol. The number of carbonyl (C=O) groups excluding carboxylic acids is 2. The lowest BCUT2D eigenvalue weighted by molar-refractivity contribution is -0.137. The summed E-state index contributed by atoms with van der Waals surface area (Å²) >= 11 is 0. The van der Waals surface area contributed by atoms with Crippen LogP contribution in [0.25, 0.3) is 0 Å². The van der Waals surface area contributed by atoms with Gasteiger partial charge in [0, 0.05) is 39.0 Å². The van der Waals surface area contributed by atoms with Gasteiger partial charge in [0.15, 0.2) is 0 Å². The molecule has 1 aliphatic heterocycles. The van der Waals surface area contributed by atoms with Gasteiger partial charge >= 0.3 is 0 Å². The van der Waals surface area contributed by atoms with Crippen molar-refractivity contribution >= 4 is 24.2 Å². The van der Waals surface area contributed by atoms with Gasteiger partial charge in [-0.2, -0.15) is 0 Å². The molecule has 21 heavy (non-hydrogen) atoms. The van der Waals surface area contributed by atoms with Crippen LogP contribution < -0.4 is 5.73 Å². The Morgan fingerprint density at radius 1 is 1.29 bits per heavy atom. The van der Waals surface area contributed by atoms with E-state index in [1.54, 1.807) is 11.9 Å². The smallest absolute Gasteiger partial charge is 0.242 e. The Hall–Kier alpha value is -1.59. The van der Waals surface area contributed by atoms with Gasteiger partial charge in [0.2, 0.25) is 11.8 Å². The molecule has 1 heterocycles. The van der Waals surface area contributed by atoms with Gasteiger partial charge in [-0.25, -0.2) is 0 Å². The van der Waals surface area contributed by atoms with Crippen molar-refractivity contribution in [3.05, 3.63) is 35.9 Å². The zero-order valence-electron chi connectivity index (χ0n) is 12.4. The summed E-state index contributed by atoms with van der Waals surface area (Å²) in [5, 5.41) is 0. The van der Waals surface area contributed by atoms with E-state index in [1.165, 1.54) is 11.8 Å². The number of nitrogens with two attached hydrogens (primary N) is 1. The highest BCUT2D eigenvalue weighted by atomic mass is 35.5. The monoisotopic (exact) mass is 311 g/mol. The molecule has 2 rings (SSSR count). The number of rotatable bonds is 3. The molecular formula is C15H22ClN3O2. The van der Waals surface area contributed by atoms with Gasteiger partial charge in [0.1, 0.15) is 0 Å². The predicted octanol–water partition coefficient (Wildman–Crippen LogP) is 0.840. The maximum atomic E-state index is 12.2. The first-order valence-corrected chi connectivity index (χ1v) is 6.79. The van der Waals surface area contributed by atoms with Crippen molar-refractivity contribution in [2.24, 2.45) is 5.73 Å². The lowest BCUT2D eigenvalue weighted by atomic mass is 9.95. The van der Waals surface area contributed by atoms with E-state index in [0.29, 0.717) is 13.1 Å². The second-order valence-corrected chi connectivity index (χ2v) is 5.35. The molecule has 2 N–H and O–H groups in total. The van der Waals surface area contributed by atoms with E-state index < -0.39 is 0 Å². The third kappa shape index (κ3) is 4.19. The molecule has 2 atom stereocenters. The minimum Gasteiger partial charge on any atom is -0.339 e. The summed E-state index contributed by atoms with van der Waals surface area (Å²) in [6.07, 6.45) is 0. The van der Waals surface area contributed by atoms with E-state index in [9.17, 15) is 9.59 Å². The minimum absolute atomic E-state index is 0. The van der Waals surface area contributed by atoms with Crippen molar-refractivity contribution in [2.75, 3.05) is 26.7 Å². The van der Waals surface area contributed by atoms with E-state index in [1.807, 2.05) is 30.3 Å². The first-order valence-electron chi connectivity index (χ1n) is 6.79. The zero-order chi connectivity index (χ0) is 14.7. The van der Waals surface area contributed by atoms with Crippen LogP contribution in [-0.4, -0.2) is 54.3 Å². The van der Waals surface area contributed by atoms with E-state index in [0.717, 1.165) is 5.56 Å². The molecule has 2 amide bonds. The van der Waals surface area contributed by atoms with Crippen LogP contribution in [0.15, 0.2) is 30.3 Å². The Labute approximate surface area is 131 Å². The number of carbonyl (C=O) groups is 2. The number of halogens is 1. The van der Waals surface area contributed by atoms with Crippen molar-refractivity contribution in [2.45, 2.75) is 18.9 Å². The van der Waals surface area contributed by atoms with Gasteiger partial charge in [0.05, 0.1) is 6.54 Å². The van der Waals surface area contributed by atoms with E-state index in [-0.39, 0.29) is 42.7 Å². The zero-order valence-corrected chi connectivity index (χ0v) is 13.2. The number of likely N-dealkylation sites (tertiary alicyclic amines) is 1. The van der Waals surface area contributed by atoms with Crippen molar-refractivity contribution in [3.63, 3.8) is 0 Å². The standard InChI is InChI=1S/C15H21N3O2.ClH/c1-11(19)17(2)10-15(20)18-8-13(14(16)9-18)12-6-4-3-5-7-12;/h3-7,13-14H,8-10,16H2,1-2H3;1H/t13-,14+;/m0./s1. The Kier molecular flexibility index (Phi) is 6.18. The Morgan fingerprint density at radius 3 is 2.48 bits per heavy atom. The molecule has 1 aliphatic rings. The predicted molar refractivity (Wildman–Crippen MR) is 84.3 cm³/mol. The highest BCUT2D eigenvalue weighted by Gasteiger charge is 2.34. The van der Waals surface area contributed by atoms with Crippen molar-refractivity contribution in [3.8, 4) is 0 Å². The summed E-state index contributed by atoms with van der Waals surface area (Å²) in [4.78, 5) is 26.5. The van der Waals surface area contributed by atoms with Crippen molar-refractivity contribution in [1.29, 1.82) is 0 Å². The second-order valence-electron chi connectivity index (χ2n) is 5.35. The normalized spacial score (nSPS) is 20.8. The molecule has 1 saturated heterocycles. The third-order valence-corrected chi connectivity index (χ3v) is 3.86. The third-order valence-electron chi connectivity index (χ3n) is 3.86. The van der Waals surface area contributed by atoms with Crippen LogP contribution in [0.5, 0.6) is 0 Å². The number of amides is 2. The largest absolute Gasteiger partial charge is 0.339 e. The van der Waals surface area contributed by atoms with Crippen LogP contribution in [0.1, 0.15) is 18.4 Å². The highest BCUT2D eigenvalue weighted by molar-refractivity contribution is 5.85. The first kappa shape index (κ1) is 17.5. The topological polar surface area (TPSA) is 66.6 Å². The molecule has 0 saturated carbocycles. The van der Waals surface area contributed by atoms with Gasteiger partial charge < -0.3 is 15.5 Å². The van der Waals surface area contributed by atoms with E-state index in [4.69, 9.17) is 5.73 Å². The van der Waals surface area contributed by atoms with Gasteiger partial charge in [-0.1, -0.05) is 30.3 Å². The summed E-state index contributed by atoms with van der Waals surface area (Å²) < 4.78 is 0. The van der Waals surface area contributed by atoms with Crippen LogP contribution in [0.4, 0.5) is 0 Å². The molecule has 0 aromatic heterocycles. The van der Waals surface area contributed by atoms with Gasteiger partial charge in [-0.05, 0) is 5.56 Å². The lowest BCUT2D eigenvalue weighted by Gasteiger charge is -2.20. The van der Waals surface area contributed by atoms with E-state index >= 15 is 0 Å². The number of likely N-dealkylation sites (N-methyl/N-ethyl adjacent to an activating group) is 1. The quantitative estimate of drug-likeness (QED) is 0.899. The van der Waals surface area contributed by atoms with Crippen LogP contribution in [0.2, 0.25) is 0 Å². The Balaban J connectivity index is 0.00000220. The summed E-state index contributed by atoms with van der Waals surface area (Å²) in [5.74, 6) is 0.0146. The summed E-state index contributed by atoms with van der Waals surface area (Å²) in [6, 6.07) is 9.96. The van der Waals surface area contributed by atoms with Crippen LogP contribution >= 0.6 is 12.4 Å². The molecule has 5 nitrogen and oxygen atoms in total. The van der Waals surface area contributed by atoms with Crippen molar-refractivity contribution in [1.82, 2.24) is 9.80 Å². The molecule has 1 aromatic rings. The highest BCUT2D eigenvalue weighted by Crippen LogP contribution is 2.26. The first-order chi connectivity index (χ1) is 9.49. The average molecular weight is 312 g/mol. The molecule has 0 spiro atoms. The molecule has 0 unspecified atom stereocenters. The fourth-order valence-electron chi connectivity index (χ4n) is 2.50. The molecule has 0 bridgehead atoms. The number of nitrogens with zero attached hydrogens (tertiary/aromatic N) is 2. The second kappa shape index (κ2) is 7.43. The van der Waals surface area contributed by atoms with Crippen LogP contribution in [-0.2, 0) is 9.59 Å². The summed E-state index contributed by atoms with van der Waals surface area (Å²) in [5.41, 5.74) is 7.32.